The van der Waals surface area contributed by atoms with Gasteiger partial charge in [-0.15, -0.1) is 0 Å². The van der Waals surface area contributed by atoms with E-state index in [2.05, 4.69) is 20.9 Å². The predicted octanol–water partition coefficient (Wildman–Crippen LogP) is 1.98. The first kappa shape index (κ1) is 14.1. The average molecular weight is 316 g/mol. The topological polar surface area (TPSA) is 59.2 Å². The van der Waals surface area contributed by atoms with Crippen molar-refractivity contribution < 1.29 is 4.79 Å². The Kier molecular flexibility index (Phi) is 5.50. The molecule has 0 aliphatic heterocycles. The molecule has 0 atom stereocenters. The van der Waals surface area contributed by atoms with Crippen molar-refractivity contribution in [3.05, 3.63) is 28.5 Å². The van der Waals surface area contributed by atoms with Gasteiger partial charge in [-0.3, -0.25) is 9.78 Å². The minimum atomic E-state index is -0.0578. The van der Waals surface area contributed by atoms with Crippen molar-refractivity contribution in [2.75, 3.05) is 13.1 Å². The van der Waals surface area contributed by atoms with Crippen molar-refractivity contribution in [3.8, 4) is 0 Å². The number of carbonyl (C=O) groups excluding carboxylic acids is 1. The lowest BCUT2D eigenvalue weighted by Crippen LogP contribution is -2.33. The largest absolute Gasteiger partial charge is 0.393 e. The molecule has 1 amide bonds. The molecular weight excluding hydrogens is 302 g/mol. The molecule has 0 aromatic carbocycles. The summed E-state index contributed by atoms with van der Waals surface area (Å²) >= 11 is 8.10. The molecule has 4 nitrogen and oxygen atoms in total. The zero-order valence-electron chi connectivity index (χ0n) is 9.52. The van der Waals surface area contributed by atoms with Crippen LogP contribution in [0, 0.1) is 0 Å². The number of amides is 1. The Morgan fingerprint density at radius 2 is 2.29 bits per heavy atom. The SMILES string of the molecule is CCN(CCC(N)=S)C(=O)c1cncc(Br)c1. The van der Waals surface area contributed by atoms with Gasteiger partial charge < -0.3 is 10.6 Å². The number of hydrogen-bond acceptors (Lipinski definition) is 3. The van der Waals surface area contributed by atoms with Crippen LogP contribution in [0.15, 0.2) is 22.9 Å². The molecule has 0 spiro atoms. The highest BCUT2D eigenvalue weighted by molar-refractivity contribution is 9.10. The minimum Gasteiger partial charge on any atom is -0.393 e. The monoisotopic (exact) mass is 315 g/mol. The standard InChI is InChI=1S/C11H14BrN3OS/c1-2-15(4-3-10(13)17)11(16)8-5-9(12)7-14-6-8/h5-7H,2-4H2,1H3,(H2,13,17). The predicted molar refractivity (Wildman–Crippen MR) is 74.9 cm³/mol. The second kappa shape index (κ2) is 6.66. The summed E-state index contributed by atoms with van der Waals surface area (Å²) in [6.45, 7) is 3.08. The Balaban J connectivity index is 2.75. The van der Waals surface area contributed by atoms with E-state index in [1.807, 2.05) is 6.92 Å². The Morgan fingerprint density at radius 1 is 1.59 bits per heavy atom. The highest BCUT2D eigenvalue weighted by atomic mass is 79.9. The number of hydrogen-bond donors (Lipinski definition) is 1. The normalized spacial score (nSPS) is 10.0. The van der Waals surface area contributed by atoms with Gasteiger partial charge in [0.15, 0.2) is 0 Å². The second-order valence-corrected chi connectivity index (χ2v) is 4.93. The van der Waals surface area contributed by atoms with Gasteiger partial charge in [0.1, 0.15) is 0 Å². The number of thiocarbonyl (C=S) groups is 1. The first-order valence-corrected chi connectivity index (χ1v) is 6.42. The molecule has 1 rings (SSSR count). The van der Waals surface area contributed by atoms with Gasteiger partial charge in [0, 0.05) is 36.4 Å². The van der Waals surface area contributed by atoms with Crippen molar-refractivity contribution >= 4 is 39.0 Å². The van der Waals surface area contributed by atoms with Crippen molar-refractivity contribution in [3.63, 3.8) is 0 Å². The lowest BCUT2D eigenvalue weighted by atomic mass is 10.2. The summed E-state index contributed by atoms with van der Waals surface area (Å²) in [5.41, 5.74) is 5.99. The van der Waals surface area contributed by atoms with Crippen molar-refractivity contribution in [1.29, 1.82) is 0 Å². The molecule has 0 fully saturated rings. The third kappa shape index (κ3) is 4.40. The fourth-order valence-electron chi connectivity index (χ4n) is 1.36. The van der Waals surface area contributed by atoms with Gasteiger partial charge in [-0.25, -0.2) is 0 Å². The van der Waals surface area contributed by atoms with Crippen LogP contribution in [0.3, 0.4) is 0 Å². The fraction of sp³-hybridized carbons (Fsp3) is 0.364. The Hall–Kier alpha value is -1.01. The van der Waals surface area contributed by atoms with Crippen LogP contribution >= 0.6 is 28.1 Å². The lowest BCUT2D eigenvalue weighted by Gasteiger charge is -2.20. The summed E-state index contributed by atoms with van der Waals surface area (Å²) in [5, 5.41) is 0. The highest BCUT2D eigenvalue weighted by Gasteiger charge is 2.14. The van der Waals surface area contributed by atoms with E-state index in [1.165, 1.54) is 0 Å². The number of carbonyl (C=O) groups is 1. The number of aromatic nitrogens is 1. The van der Waals surface area contributed by atoms with E-state index >= 15 is 0 Å². The Morgan fingerprint density at radius 3 is 2.82 bits per heavy atom. The van der Waals surface area contributed by atoms with Crippen LogP contribution in [0.4, 0.5) is 0 Å². The van der Waals surface area contributed by atoms with Gasteiger partial charge in [0.2, 0.25) is 0 Å². The Labute approximate surface area is 114 Å². The summed E-state index contributed by atoms with van der Waals surface area (Å²) < 4.78 is 0.786. The molecule has 2 N–H and O–H groups in total. The van der Waals surface area contributed by atoms with Crippen LogP contribution < -0.4 is 5.73 Å². The molecule has 0 saturated carbocycles. The van der Waals surface area contributed by atoms with Crippen LogP contribution in [-0.4, -0.2) is 33.9 Å². The summed E-state index contributed by atoms with van der Waals surface area (Å²) in [6, 6.07) is 1.75. The zero-order chi connectivity index (χ0) is 12.8. The van der Waals surface area contributed by atoms with Crippen molar-refractivity contribution in [1.82, 2.24) is 9.88 Å². The van der Waals surface area contributed by atoms with Gasteiger partial charge in [0.25, 0.3) is 5.91 Å². The van der Waals surface area contributed by atoms with E-state index in [0.717, 1.165) is 4.47 Å². The van der Waals surface area contributed by atoms with E-state index in [9.17, 15) is 4.79 Å². The molecule has 17 heavy (non-hydrogen) atoms. The van der Waals surface area contributed by atoms with Gasteiger partial charge in [-0.1, -0.05) is 12.2 Å². The number of rotatable bonds is 5. The van der Waals surface area contributed by atoms with Crippen LogP contribution in [0.2, 0.25) is 0 Å². The van der Waals surface area contributed by atoms with E-state index in [1.54, 1.807) is 23.4 Å². The number of pyridine rings is 1. The molecule has 0 bridgehead atoms. The lowest BCUT2D eigenvalue weighted by molar-refractivity contribution is 0.0768. The molecule has 1 aromatic heterocycles. The van der Waals surface area contributed by atoms with E-state index in [0.29, 0.717) is 30.1 Å². The second-order valence-electron chi connectivity index (χ2n) is 3.49. The molecule has 1 heterocycles. The molecule has 0 aliphatic carbocycles. The molecule has 92 valence electrons. The fourth-order valence-corrected chi connectivity index (χ4v) is 1.82. The van der Waals surface area contributed by atoms with Crippen LogP contribution in [0.25, 0.3) is 0 Å². The van der Waals surface area contributed by atoms with Gasteiger partial charge in [-0.2, -0.15) is 0 Å². The van der Waals surface area contributed by atoms with E-state index < -0.39 is 0 Å². The van der Waals surface area contributed by atoms with Gasteiger partial charge >= 0.3 is 0 Å². The highest BCUT2D eigenvalue weighted by Crippen LogP contribution is 2.11. The quantitative estimate of drug-likeness (QED) is 0.844. The maximum Gasteiger partial charge on any atom is 0.255 e. The van der Waals surface area contributed by atoms with Crippen molar-refractivity contribution in [2.45, 2.75) is 13.3 Å². The van der Waals surface area contributed by atoms with Crippen LogP contribution in [0.5, 0.6) is 0 Å². The third-order valence-electron chi connectivity index (χ3n) is 2.25. The first-order chi connectivity index (χ1) is 8.04. The van der Waals surface area contributed by atoms with E-state index in [-0.39, 0.29) is 5.91 Å². The molecule has 0 saturated heterocycles. The molecule has 0 aliphatic rings. The van der Waals surface area contributed by atoms with Crippen LogP contribution in [-0.2, 0) is 0 Å². The smallest absolute Gasteiger partial charge is 0.255 e. The zero-order valence-corrected chi connectivity index (χ0v) is 11.9. The van der Waals surface area contributed by atoms with Gasteiger partial charge in [0.05, 0.1) is 10.6 Å². The molecule has 0 radical (unpaired) electrons. The Bertz CT molecular complexity index is 425. The van der Waals surface area contributed by atoms with Crippen molar-refractivity contribution in [2.24, 2.45) is 5.73 Å². The molecule has 6 heteroatoms. The van der Waals surface area contributed by atoms with E-state index in [4.69, 9.17) is 18.0 Å². The summed E-state index contributed by atoms with van der Waals surface area (Å²) in [7, 11) is 0. The maximum atomic E-state index is 12.1. The number of nitrogens with two attached hydrogens (primary N) is 1. The molecular formula is C11H14BrN3OS. The number of halogens is 1. The molecule has 1 aromatic rings. The number of nitrogens with zero attached hydrogens (tertiary/aromatic N) is 2. The third-order valence-corrected chi connectivity index (χ3v) is 2.89. The average Bonchev–Trinajstić information content (AvgIpc) is 2.29. The first-order valence-electron chi connectivity index (χ1n) is 5.22. The summed E-state index contributed by atoms with van der Waals surface area (Å²) in [5.74, 6) is -0.0578. The van der Waals surface area contributed by atoms with Gasteiger partial charge in [-0.05, 0) is 28.9 Å². The maximum absolute atomic E-state index is 12.1. The minimum absolute atomic E-state index is 0.0578. The summed E-state index contributed by atoms with van der Waals surface area (Å²) in [6.07, 6.45) is 3.73. The summed E-state index contributed by atoms with van der Waals surface area (Å²) in [4.78, 5) is 18.2. The van der Waals surface area contributed by atoms with Crippen LogP contribution in [0.1, 0.15) is 23.7 Å². The molecule has 0 unspecified atom stereocenters.